The van der Waals surface area contributed by atoms with Crippen LogP contribution < -0.4 is 9.64 Å². The molecule has 4 bridgehead atoms. The lowest BCUT2D eigenvalue weighted by atomic mass is 9.41. The highest BCUT2D eigenvalue weighted by atomic mass is 16.5. The molecule has 5 aliphatic carbocycles. The molecule has 1 heterocycles. The van der Waals surface area contributed by atoms with E-state index in [2.05, 4.69) is 172 Å². The summed E-state index contributed by atoms with van der Waals surface area (Å²) in [5.74, 6) is 5.34. The third-order valence-corrected chi connectivity index (χ3v) is 15.2. The Labute approximate surface area is 333 Å². The molecule has 6 aromatic carbocycles. The van der Waals surface area contributed by atoms with Crippen molar-refractivity contribution in [2.75, 3.05) is 4.90 Å². The molecule has 2 nitrogen and oxygen atoms in total. The maximum atomic E-state index is 7.04. The van der Waals surface area contributed by atoms with Gasteiger partial charge in [0.25, 0.3) is 0 Å². The van der Waals surface area contributed by atoms with Crippen LogP contribution in [-0.4, -0.2) is 0 Å². The van der Waals surface area contributed by atoms with Crippen molar-refractivity contribution < 1.29 is 4.74 Å². The molecule has 2 heteroatoms. The van der Waals surface area contributed by atoms with Crippen LogP contribution >= 0.6 is 0 Å². The van der Waals surface area contributed by atoms with Gasteiger partial charge in [-0.1, -0.05) is 125 Å². The van der Waals surface area contributed by atoms with E-state index in [0.29, 0.717) is 11.8 Å². The predicted octanol–water partition coefficient (Wildman–Crippen LogP) is 14.7. The molecule has 56 heavy (non-hydrogen) atoms. The number of rotatable bonds is 5. The topological polar surface area (TPSA) is 12.5 Å². The van der Waals surface area contributed by atoms with Crippen molar-refractivity contribution in [2.45, 2.75) is 88.9 Å². The van der Waals surface area contributed by atoms with Gasteiger partial charge in [0.15, 0.2) is 0 Å². The molecular weight excluding hydrogens is 679 g/mol. The van der Waals surface area contributed by atoms with Crippen molar-refractivity contribution in [3.05, 3.63) is 162 Å². The smallest absolute Gasteiger partial charge is 0.139 e. The molecule has 6 aliphatic rings. The summed E-state index contributed by atoms with van der Waals surface area (Å²) in [6, 6.07) is 52.4. The summed E-state index contributed by atoms with van der Waals surface area (Å²) in [7, 11) is 0. The number of hydrogen-bond acceptors (Lipinski definition) is 2. The van der Waals surface area contributed by atoms with Gasteiger partial charge < -0.3 is 9.64 Å². The lowest BCUT2D eigenvalue weighted by molar-refractivity contribution is -0.0451. The number of ether oxygens (including phenoxy) is 1. The first-order valence-electron chi connectivity index (χ1n) is 21.3. The average Bonchev–Trinajstić information content (AvgIpc) is 3.22. The molecule has 1 aliphatic heterocycles. The summed E-state index contributed by atoms with van der Waals surface area (Å²) in [5.41, 5.74) is 14.6. The molecule has 0 aromatic heterocycles. The van der Waals surface area contributed by atoms with Crippen molar-refractivity contribution in [3.63, 3.8) is 0 Å². The number of nitrogens with zero attached hydrogens (tertiary/aromatic N) is 1. The summed E-state index contributed by atoms with van der Waals surface area (Å²) in [6.07, 6.45) is 9.29. The van der Waals surface area contributed by atoms with Crippen LogP contribution in [0, 0.1) is 23.7 Å². The minimum Gasteiger partial charge on any atom is -0.456 e. The minimum absolute atomic E-state index is 0.0467. The summed E-state index contributed by atoms with van der Waals surface area (Å²) >= 11 is 0. The van der Waals surface area contributed by atoms with E-state index < -0.39 is 0 Å². The molecular formula is C54H53NO. The van der Waals surface area contributed by atoms with Gasteiger partial charge in [0.1, 0.15) is 11.5 Å². The zero-order chi connectivity index (χ0) is 37.8. The molecule has 0 radical (unpaired) electrons. The second-order valence-corrected chi connectivity index (χ2v) is 19.2. The van der Waals surface area contributed by atoms with E-state index in [-0.39, 0.29) is 16.2 Å². The van der Waals surface area contributed by atoms with Crippen LogP contribution in [0.4, 0.5) is 17.1 Å². The minimum atomic E-state index is 0.0467. The van der Waals surface area contributed by atoms with Gasteiger partial charge >= 0.3 is 0 Å². The molecule has 0 N–H and O–H groups in total. The molecule has 0 atom stereocenters. The summed E-state index contributed by atoms with van der Waals surface area (Å²) < 4.78 is 7.04. The first kappa shape index (κ1) is 34.2. The highest BCUT2D eigenvalue weighted by Crippen LogP contribution is 2.69. The fourth-order valence-corrected chi connectivity index (χ4v) is 12.5. The number of fused-ring (bicyclic) bond motifs is 3. The zero-order valence-electron chi connectivity index (χ0n) is 33.4. The van der Waals surface area contributed by atoms with E-state index in [4.69, 9.17) is 4.74 Å². The maximum Gasteiger partial charge on any atom is 0.139 e. The molecule has 0 saturated heterocycles. The highest BCUT2D eigenvalue weighted by Gasteiger charge is 2.61. The van der Waals surface area contributed by atoms with Crippen LogP contribution in [0.3, 0.4) is 0 Å². The fraction of sp³-hybridized carbons (Fsp3) is 0.333. The maximum absolute atomic E-state index is 7.04. The van der Waals surface area contributed by atoms with E-state index in [1.807, 2.05) is 0 Å². The summed E-state index contributed by atoms with van der Waals surface area (Å²) in [5, 5.41) is 0. The molecule has 4 fully saturated rings. The predicted molar refractivity (Wildman–Crippen MR) is 232 cm³/mol. The Bertz CT molecular complexity index is 2430. The van der Waals surface area contributed by atoms with Gasteiger partial charge in [0.05, 0.1) is 0 Å². The van der Waals surface area contributed by atoms with E-state index in [1.165, 1.54) is 95.1 Å². The Morgan fingerprint density at radius 3 is 1.70 bits per heavy atom. The lowest BCUT2D eigenvalue weighted by Crippen LogP contribution is -2.57. The van der Waals surface area contributed by atoms with Crippen molar-refractivity contribution in [3.8, 4) is 33.8 Å². The third-order valence-electron chi connectivity index (χ3n) is 15.2. The lowest BCUT2D eigenvalue weighted by Gasteiger charge is -2.63. The van der Waals surface area contributed by atoms with Gasteiger partial charge in [-0.05, 0) is 150 Å². The number of anilines is 3. The summed E-state index contributed by atoms with van der Waals surface area (Å²) in [4.78, 5) is 2.45. The van der Waals surface area contributed by atoms with Gasteiger partial charge in [-0.3, -0.25) is 0 Å². The Balaban J connectivity index is 1.02. The van der Waals surface area contributed by atoms with Crippen molar-refractivity contribution >= 4 is 17.1 Å². The molecule has 1 spiro atoms. The van der Waals surface area contributed by atoms with E-state index in [0.717, 1.165) is 34.7 Å². The van der Waals surface area contributed by atoms with Crippen molar-refractivity contribution in [1.29, 1.82) is 0 Å². The highest BCUT2D eigenvalue weighted by molar-refractivity contribution is 5.82. The van der Waals surface area contributed by atoms with E-state index >= 15 is 0 Å². The molecule has 12 rings (SSSR count). The Morgan fingerprint density at radius 1 is 0.464 bits per heavy atom. The van der Waals surface area contributed by atoms with Gasteiger partial charge in [-0.25, -0.2) is 0 Å². The molecule has 6 aromatic rings. The Kier molecular flexibility index (Phi) is 7.61. The normalized spacial score (nSPS) is 25.9. The van der Waals surface area contributed by atoms with Crippen LogP contribution in [0.25, 0.3) is 22.3 Å². The summed E-state index contributed by atoms with van der Waals surface area (Å²) in [6.45, 7) is 9.67. The third kappa shape index (κ3) is 5.13. The quantitative estimate of drug-likeness (QED) is 0.175. The van der Waals surface area contributed by atoms with Crippen molar-refractivity contribution in [1.82, 2.24) is 0 Å². The van der Waals surface area contributed by atoms with Crippen LogP contribution in [0.1, 0.15) is 94.9 Å². The largest absolute Gasteiger partial charge is 0.456 e. The first-order valence-corrected chi connectivity index (χ1v) is 21.3. The van der Waals surface area contributed by atoms with Gasteiger partial charge in [-0.15, -0.1) is 0 Å². The van der Waals surface area contributed by atoms with Gasteiger partial charge in [-0.2, -0.15) is 0 Å². The molecule has 0 amide bonds. The Morgan fingerprint density at radius 2 is 1.02 bits per heavy atom. The monoisotopic (exact) mass is 731 g/mol. The first-order chi connectivity index (χ1) is 27.2. The zero-order valence-corrected chi connectivity index (χ0v) is 33.4. The van der Waals surface area contributed by atoms with Gasteiger partial charge in [0.2, 0.25) is 0 Å². The second kappa shape index (κ2) is 12.5. The van der Waals surface area contributed by atoms with Gasteiger partial charge in [0, 0.05) is 39.2 Å². The second-order valence-electron chi connectivity index (χ2n) is 19.2. The van der Waals surface area contributed by atoms with Crippen LogP contribution in [-0.2, 0) is 16.2 Å². The SMILES string of the molecule is CC1(C)CCC(C)(C)c2cc(N(c3ccc(-c4ccccc4)cc3)c3ccc(-c4cccc5c4Oc4ccccc4C54C5CC6CC(C5)CC4C6)cc3)ccc21. The standard InChI is InChI=1S/C54H53NO/c1-52(2)27-28-53(3,4)49-34-44(25-26-46(49)52)55(42-21-17-38(18-22-42)37-11-6-5-7-12-37)43-23-19-39(20-24-43)45-13-10-15-48-51(45)56-50-16-9-8-14-47(50)54(48)40-30-35-29-36(32-40)33-41(54)31-35/h5-26,34-36,40-41H,27-33H2,1-4H3. The number of para-hydroxylation sites is 2. The number of hydrogen-bond donors (Lipinski definition) is 0. The average molecular weight is 732 g/mol. The van der Waals surface area contributed by atoms with E-state index in [1.54, 1.807) is 0 Å². The van der Waals surface area contributed by atoms with E-state index in [9.17, 15) is 0 Å². The fourth-order valence-electron chi connectivity index (χ4n) is 12.5. The molecule has 0 unspecified atom stereocenters. The number of benzene rings is 6. The molecule has 280 valence electrons. The van der Waals surface area contributed by atoms with Crippen molar-refractivity contribution in [2.24, 2.45) is 23.7 Å². The van der Waals surface area contributed by atoms with Crippen LogP contribution in [0.5, 0.6) is 11.5 Å². The van der Waals surface area contributed by atoms with Crippen LogP contribution in [0.15, 0.2) is 140 Å². The molecule has 4 saturated carbocycles. The Hall–Kier alpha value is -5.08. The van der Waals surface area contributed by atoms with Crippen LogP contribution in [0.2, 0.25) is 0 Å².